The van der Waals surface area contributed by atoms with Gasteiger partial charge in [-0.15, -0.1) is 0 Å². The van der Waals surface area contributed by atoms with Gasteiger partial charge in [0.1, 0.15) is 6.54 Å². The van der Waals surface area contributed by atoms with Crippen molar-refractivity contribution in [2.75, 3.05) is 0 Å². The fourth-order valence-corrected chi connectivity index (χ4v) is 2.70. The first-order valence-electron chi connectivity index (χ1n) is 7.53. The van der Waals surface area contributed by atoms with Crippen LogP contribution in [-0.4, -0.2) is 4.92 Å². The van der Waals surface area contributed by atoms with Crippen molar-refractivity contribution in [2.24, 2.45) is 0 Å². The van der Waals surface area contributed by atoms with Gasteiger partial charge < -0.3 is 17.0 Å². The summed E-state index contributed by atoms with van der Waals surface area (Å²) in [5, 5.41) is 12.0. The van der Waals surface area contributed by atoms with E-state index in [2.05, 4.69) is 35.8 Å². The Labute approximate surface area is 151 Å². The number of pyridine rings is 1. The van der Waals surface area contributed by atoms with Crippen LogP contribution in [0.3, 0.4) is 0 Å². The number of hydrogen-bond donors (Lipinski definition) is 0. The van der Waals surface area contributed by atoms with Crippen LogP contribution in [0.2, 0.25) is 0 Å². The molecule has 0 aliphatic rings. The predicted octanol–water partition coefficient (Wildman–Crippen LogP) is 1.23. The Balaban J connectivity index is 0.00000208. The molecule has 122 valence electrons. The molecule has 0 unspecified atom stereocenters. The molecule has 0 bridgehead atoms. The van der Waals surface area contributed by atoms with Crippen molar-refractivity contribution in [3.8, 4) is 0 Å². The fraction of sp³-hybridized carbons (Fsp3) is 0.105. The molecule has 3 aromatic rings. The molecule has 0 aliphatic carbocycles. The van der Waals surface area contributed by atoms with Crippen LogP contribution in [0, 0.1) is 10.1 Å². The van der Waals surface area contributed by atoms with Crippen molar-refractivity contribution in [3.05, 3.63) is 82.0 Å². The van der Waals surface area contributed by atoms with E-state index in [9.17, 15) is 10.1 Å². The number of non-ortho nitro benzene ring substituents is 1. The summed E-state index contributed by atoms with van der Waals surface area (Å²) in [7, 11) is 0. The second-order valence-electron chi connectivity index (χ2n) is 5.25. The van der Waals surface area contributed by atoms with E-state index in [4.69, 9.17) is 0 Å². The SMILES string of the molecule is CC[n+]1c(C=Cc2cccc([N+](=O)[O-])c2)ccc2ccccc21.[Br-]. The highest BCUT2D eigenvalue weighted by molar-refractivity contribution is 5.77. The second kappa shape index (κ2) is 7.84. The fourth-order valence-electron chi connectivity index (χ4n) is 2.70. The molecule has 24 heavy (non-hydrogen) atoms. The Kier molecular flexibility index (Phi) is 5.82. The largest absolute Gasteiger partial charge is 1.00 e. The predicted molar refractivity (Wildman–Crippen MR) is 91.8 cm³/mol. The van der Waals surface area contributed by atoms with Crippen molar-refractivity contribution in [1.82, 2.24) is 0 Å². The summed E-state index contributed by atoms with van der Waals surface area (Å²) < 4.78 is 2.23. The van der Waals surface area contributed by atoms with Gasteiger partial charge in [-0.3, -0.25) is 10.1 Å². The molecule has 0 amide bonds. The molecule has 0 aliphatic heterocycles. The molecule has 0 saturated carbocycles. The Bertz CT molecular complexity index is 907. The van der Waals surface area contributed by atoms with Crippen LogP contribution in [-0.2, 0) is 6.54 Å². The molecule has 0 fully saturated rings. The van der Waals surface area contributed by atoms with Gasteiger partial charge in [-0.2, -0.15) is 4.57 Å². The lowest BCUT2D eigenvalue weighted by atomic mass is 10.1. The van der Waals surface area contributed by atoms with E-state index in [1.54, 1.807) is 12.1 Å². The number of rotatable bonds is 4. The Hall–Kier alpha value is -2.53. The van der Waals surface area contributed by atoms with Crippen LogP contribution in [0.1, 0.15) is 18.2 Å². The number of aromatic nitrogens is 1. The van der Waals surface area contributed by atoms with Crippen LogP contribution in [0.25, 0.3) is 23.1 Å². The third-order valence-corrected chi connectivity index (χ3v) is 3.82. The maximum absolute atomic E-state index is 10.9. The summed E-state index contributed by atoms with van der Waals surface area (Å²) in [5.74, 6) is 0. The highest BCUT2D eigenvalue weighted by Gasteiger charge is 2.11. The molecule has 0 atom stereocenters. The minimum Gasteiger partial charge on any atom is -1.00 e. The van der Waals surface area contributed by atoms with Crippen molar-refractivity contribution < 1.29 is 26.5 Å². The lowest BCUT2D eigenvalue weighted by Crippen LogP contribution is -3.00. The van der Waals surface area contributed by atoms with Gasteiger partial charge in [0.15, 0.2) is 0 Å². The quantitative estimate of drug-likeness (QED) is 0.385. The Morgan fingerprint density at radius 1 is 1.04 bits per heavy atom. The molecule has 0 N–H and O–H groups in total. The number of halogens is 1. The zero-order valence-electron chi connectivity index (χ0n) is 13.2. The van der Waals surface area contributed by atoms with E-state index in [0.717, 1.165) is 17.8 Å². The maximum Gasteiger partial charge on any atom is 0.270 e. The number of fused-ring (bicyclic) bond motifs is 1. The third-order valence-electron chi connectivity index (χ3n) is 3.82. The van der Waals surface area contributed by atoms with E-state index in [0.29, 0.717) is 0 Å². The first kappa shape index (κ1) is 17.8. The van der Waals surface area contributed by atoms with Crippen LogP contribution in [0.5, 0.6) is 0 Å². The van der Waals surface area contributed by atoms with E-state index in [1.807, 2.05) is 30.4 Å². The summed E-state index contributed by atoms with van der Waals surface area (Å²) in [6.45, 7) is 2.97. The average Bonchev–Trinajstić information content (AvgIpc) is 2.59. The van der Waals surface area contributed by atoms with Gasteiger partial charge in [0.05, 0.1) is 4.92 Å². The standard InChI is InChI=1S/C19H17N2O2.BrH/c1-2-20-17(13-11-16-7-3-4-9-19(16)20)12-10-15-6-5-8-18(14-15)21(22)23;/h3-14H,2H2,1H3;1H/q+1;/p-1. The first-order valence-corrected chi connectivity index (χ1v) is 7.53. The van der Waals surface area contributed by atoms with E-state index in [-0.39, 0.29) is 27.6 Å². The molecule has 1 heterocycles. The number of benzene rings is 2. The van der Waals surface area contributed by atoms with Crippen molar-refractivity contribution in [1.29, 1.82) is 0 Å². The minimum absolute atomic E-state index is 0. The molecule has 0 radical (unpaired) electrons. The molecular weight excluding hydrogens is 368 g/mol. The molecule has 4 nitrogen and oxygen atoms in total. The van der Waals surface area contributed by atoms with Crippen molar-refractivity contribution >= 4 is 28.7 Å². The van der Waals surface area contributed by atoms with Gasteiger partial charge >= 0.3 is 0 Å². The lowest BCUT2D eigenvalue weighted by Gasteiger charge is -2.02. The van der Waals surface area contributed by atoms with Gasteiger partial charge in [0.25, 0.3) is 5.69 Å². The third kappa shape index (κ3) is 3.68. The van der Waals surface area contributed by atoms with Crippen molar-refractivity contribution in [2.45, 2.75) is 13.5 Å². The van der Waals surface area contributed by atoms with Crippen LogP contribution < -0.4 is 21.5 Å². The Morgan fingerprint density at radius 2 is 1.83 bits per heavy atom. The van der Waals surface area contributed by atoms with E-state index < -0.39 is 0 Å². The number of nitrogens with zero attached hydrogens (tertiary/aromatic N) is 2. The highest BCUT2D eigenvalue weighted by Crippen LogP contribution is 2.16. The lowest BCUT2D eigenvalue weighted by molar-refractivity contribution is -0.669. The van der Waals surface area contributed by atoms with Gasteiger partial charge in [-0.1, -0.05) is 24.3 Å². The number of aryl methyl sites for hydroxylation is 1. The highest BCUT2D eigenvalue weighted by atomic mass is 79.9. The van der Waals surface area contributed by atoms with Crippen LogP contribution in [0.15, 0.2) is 60.7 Å². The van der Waals surface area contributed by atoms with Gasteiger partial charge in [0.2, 0.25) is 11.2 Å². The normalized spacial score (nSPS) is 10.7. The van der Waals surface area contributed by atoms with E-state index in [1.165, 1.54) is 17.0 Å². The number of nitro groups is 1. The van der Waals surface area contributed by atoms with E-state index >= 15 is 0 Å². The van der Waals surface area contributed by atoms with Crippen LogP contribution in [0.4, 0.5) is 5.69 Å². The maximum atomic E-state index is 10.9. The summed E-state index contributed by atoms with van der Waals surface area (Å²) in [6.07, 6.45) is 3.90. The Morgan fingerprint density at radius 3 is 2.58 bits per heavy atom. The van der Waals surface area contributed by atoms with Gasteiger partial charge in [0, 0.05) is 35.7 Å². The number of hydrogen-bond acceptors (Lipinski definition) is 2. The topological polar surface area (TPSA) is 47.0 Å². The number of nitro benzene ring substituents is 1. The van der Waals surface area contributed by atoms with Gasteiger partial charge in [-0.05, 0) is 30.7 Å². The molecule has 3 rings (SSSR count). The van der Waals surface area contributed by atoms with Crippen molar-refractivity contribution in [3.63, 3.8) is 0 Å². The summed E-state index contributed by atoms with van der Waals surface area (Å²) in [6, 6.07) is 19.1. The zero-order valence-corrected chi connectivity index (χ0v) is 14.8. The molecule has 0 saturated heterocycles. The average molecular weight is 385 g/mol. The molecule has 1 aromatic heterocycles. The molecule has 5 heteroatoms. The monoisotopic (exact) mass is 384 g/mol. The second-order valence-corrected chi connectivity index (χ2v) is 5.25. The number of para-hydroxylation sites is 1. The smallest absolute Gasteiger partial charge is 0.270 e. The van der Waals surface area contributed by atoms with Gasteiger partial charge in [-0.25, -0.2) is 0 Å². The summed E-state index contributed by atoms with van der Waals surface area (Å²) >= 11 is 0. The summed E-state index contributed by atoms with van der Waals surface area (Å²) in [5.41, 5.74) is 3.16. The van der Waals surface area contributed by atoms with Crippen LogP contribution >= 0.6 is 0 Å². The zero-order chi connectivity index (χ0) is 16.2. The molecule has 2 aromatic carbocycles. The first-order chi connectivity index (χ1) is 11.2. The molecular formula is C19H17BrN2O2. The summed E-state index contributed by atoms with van der Waals surface area (Å²) in [4.78, 5) is 10.5. The minimum atomic E-state index is -0.375. The molecule has 0 spiro atoms.